The highest BCUT2D eigenvalue weighted by Crippen LogP contribution is 2.22. The SMILES string of the molecule is COc1cccc(-c2cn(CC(=O)c3ccc(Cl)cc3)c(=N)n2C)c1. The molecule has 0 atom stereocenters. The molecule has 0 amide bonds. The van der Waals surface area contributed by atoms with Gasteiger partial charge in [-0.15, -0.1) is 0 Å². The number of Topliss-reactive ketones (excluding diaryl/α,β-unsaturated/α-hetero) is 1. The second-order valence-corrected chi connectivity index (χ2v) is 6.12. The van der Waals surface area contributed by atoms with Crippen molar-refractivity contribution in [2.24, 2.45) is 7.05 Å². The van der Waals surface area contributed by atoms with Gasteiger partial charge in [-0.1, -0.05) is 23.7 Å². The molecule has 1 aromatic heterocycles. The Labute approximate surface area is 150 Å². The molecular weight excluding hydrogens is 338 g/mol. The summed E-state index contributed by atoms with van der Waals surface area (Å²) >= 11 is 5.86. The third kappa shape index (κ3) is 3.51. The van der Waals surface area contributed by atoms with E-state index in [0.29, 0.717) is 10.6 Å². The zero-order chi connectivity index (χ0) is 18.0. The number of aromatic nitrogens is 2. The van der Waals surface area contributed by atoms with Gasteiger partial charge >= 0.3 is 0 Å². The number of imidazole rings is 1. The topological polar surface area (TPSA) is 60.0 Å². The summed E-state index contributed by atoms with van der Waals surface area (Å²) in [5.74, 6) is 0.673. The highest BCUT2D eigenvalue weighted by atomic mass is 35.5. The van der Waals surface area contributed by atoms with Gasteiger partial charge < -0.3 is 13.9 Å². The molecule has 128 valence electrons. The molecule has 0 aliphatic rings. The van der Waals surface area contributed by atoms with Gasteiger partial charge in [0.2, 0.25) is 5.62 Å². The molecule has 6 heteroatoms. The summed E-state index contributed by atoms with van der Waals surface area (Å²) in [7, 11) is 3.42. The van der Waals surface area contributed by atoms with Crippen LogP contribution in [0.3, 0.4) is 0 Å². The Morgan fingerprint density at radius 2 is 1.92 bits per heavy atom. The molecule has 1 heterocycles. The van der Waals surface area contributed by atoms with E-state index < -0.39 is 0 Å². The third-order valence-corrected chi connectivity index (χ3v) is 4.33. The summed E-state index contributed by atoms with van der Waals surface area (Å²) in [6, 6.07) is 14.4. The number of methoxy groups -OCH3 is 1. The number of nitrogens with one attached hydrogen (secondary N) is 1. The molecule has 0 aliphatic carbocycles. The fourth-order valence-electron chi connectivity index (χ4n) is 2.66. The number of hydrogen-bond donors (Lipinski definition) is 1. The van der Waals surface area contributed by atoms with E-state index in [4.69, 9.17) is 21.7 Å². The zero-order valence-electron chi connectivity index (χ0n) is 14.0. The molecular formula is C19H18ClN3O2. The monoisotopic (exact) mass is 355 g/mol. The van der Waals surface area contributed by atoms with Crippen LogP contribution in [-0.2, 0) is 13.6 Å². The minimum absolute atomic E-state index is 0.0713. The summed E-state index contributed by atoms with van der Waals surface area (Å²) < 4.78 is 8.63. The predicted molar refractivity (Wildman–Crippen MR) is 97.0 cm³/mol. The lowest BCUT2D eigenvalue weighted by Crippen LogP contribution is -2.25. The molecule has 25 heavy (non-hydrogen) atoms. The van der Waals surface area contributed by atoms with Gasteiger partial charge in [-0.2, -0.15) is 0 Å². The van der Waals surface area contributed by atoms with Gasteiger partial charge in [0.05, 0.1) is 19.3 Å². The first kappa shape index (κ1) is 17.0. The van der Waals surface area contributed by atoms with Crippen molar-refractivity contribution in [3.63, 3.8) is 0 Å². The van der Waals surface area contributed by atoms with Crippen molar-refractivity contribution in [3.05, 3.63) is 70.9 Å². The van der Waals surface area contributed by atoms with Crippen LogP contribution < -0.4 is 10.4 Å². The summed E-state index contributed by atoms with van der Waals surface area (Å²) in [6.07, 6.45) is 1.81. The molecule has 2 aromatic carbocycles. The van der Waals surface area contributed by atoms with Crippen LogP contribution >= 0.6 is 11.6 Å². The highest BCUT2D eigenvalue weighted by Gasteiger charge is 2.12. The van der Waals surface area contributed by atoms with Crippen LogP contribution in [0.15, 0.2) is 54.7 Å². The number of carbonyl (C=O) groups is 1. The first-order valence-electron chi connectivity index (χ1n) is 7.73. The number of carbonyl (C=O) groups excluding carboxylic acids is 1. The second-order valence-electron chi connectivity index (χ2n) is 5.69. The van der Waals surface area contributed by atoms with Crippen LogP contribution in [0.2, 0.25) is 5.02 Å². The van der Waals surface area contributed by atoms with E-state index in [-0.39, 0.29) is 17.9 Å². The molecule has 0 bridgehead atoms. The Balaban J connectivity index is 1.92. The van der Waals surface area contributed by atoms with Gasteiger partial charge in [0.15, 0.2) is 5.78 Å². The van der Waals surface area contributed by atoms with E-state index in [0.717, 1.165) is 17.0 Å². The molecule has 0 saturated heterocycles. The lowest BCUT2D eigenvalue weighted by Gasteiger charge is -2.04. The van der Waals surface area contributed by atoms with Crippen molar-refractivity contribution in [3.8, 4) is 17.0 Å². The van der Waals surface area contributed by atoms with Crippen LogP contribution in [0.25, 0.3) is 11.3 Å². The maximum Gasteiger partial charge on any atom is 0.202 e. The summed E-state index contributed by atoms with van der Waals surface area (Å²) in [5.41, 5.74) is 2.59. The van der Waals surface area contributed by atoms with Gasteiger partial charge in [0.1, 0.15) is 5.75 Å². The molecule has 0 radical (unpaired) electrons. The minimum atomic E-state index is -0.0713. The van der Waals surface area contributed by atoms with Gasteiger partial charge in [0.25, 0.3) is 0 Å². The van der Waals surface area contributed by atoms with Crippen molar-refractivity contribution in [2.45, 2.75) is 6.54 Å². The number of rotatable bonds is 5. The normalized spacial score (nSPS) is 10.7. The first-order chi connectivity index (χ1) is 12.0. The molecule has 0 spiro atoms. The zero-order valence-corrected chi connectivity index (χ0v) is 14.7. The van der Waals surface area contributed by atoms with Crippen molar-refractivity contribution in [1.29, 1.82) is 5.41 Å². The Morgan fingerprint density at radius 3 is 2.60 bits per heavy atom. The molecule has 3 rings (SSSR count). The standard InChI is InChI=1S/C19H18ClN3O2/c1-22-17(14-4-3-5-16(10-14)25-2)11-23(19(22)21)12-18(24)13-6-8-15(20)9-7-13/h3-11,21H,12H2,1-2H3. The number of ether oxygens (including phenoxy) is 1. The fraction of sp³-hybridized carbons (Fsp3) is 0.158. The average Bonchev–Trinajstić information content (AvgIpc) is 2.90. The largest absolute Gasteiger partial charge is 0.497 e. The van der Waals surface area contributed by atoms with E-state index >= 15 is 0 Å². The summed E-state index contributed by atoms with van der Waals surface area (Å²) in [6.45, 7) is 0.0955. The molecule has 1 N–H and O–H groups in total. The maximum atomic E-state index is 12.5. The van der Waals surface area contributed by atoms with E-state index in [1.807, 2.05) is 30.5 Å². The summed E-state index contributed by atoms with van der Waals surface area (Å²) in [5, 5.41) is 8.86. The van der Waals surface area contributed by atoms with Crippen LogP contribution in [-0.4, -0.2) is 22.0 Å². The third-order valence-electron chi connectivity index (χ3n) is 4.07. The van der Waals surface area contributed by atoms with Crippen molar-refractivity contribution < 1.29 is 9.53 Å². The lowest BCUT2D eigenvalue weighted by molar-refractivity contribution is 0.0970. The number of hydrogen-bond acceptors (Lipinski definition) is 3. The van der Waals surface area contributed by atoms with E-state index in [9.17, 15) is 4.79 Å². The van der Waals surface area contributed by atoms with Crippen molar-refractivity contribution >= 4 is 17.4 Å². The van der Waals surface area contributed by atoms with Crippen LogP contribution in [0.5, 0.6) is 5.75 Å². The molecule has 5 nitrogen and oxygen atoms in total. The molecule has 0 fully saturated rings. The predicted octanol–water partition coefficient (Wildman–Crippen LogP) is 3.52. The number of benzene rings is 2. The first-order valence-corrected chi connectivity index (χ1v) is 8.11. The van der Waals surface area contributed by atoms with E-state index in [1.54, 1.807) is 47.6 Å². The Kier molecular flexibility index (Phi) is 4.76. The Morgan fingerprint density at radius 1 is 1.20 bits per heavy atom. The summed E-state index contributed by atoms with van der Waals surface area (Å²) in [4.78, 5) is 12.5. The molecule has 0 unspecified atom stereocenters. The maximum absolute atomic E-state index is 12.5. The highest BCUT2D eigenvalue weighted by molar-refractivity contribution is 6.30. The smallest absolute Gasteiger partial charge is 0.202 e. The fourth-order valence-corrected chi connectivity index (χ4v) is 2.78. The van der Waals surface area contributed by atoms with E-state index in [1.165, 1.54) is 0 Å². The lowest BCUT2D eigenvalue weighted by atomic mass is 10.1. The van der Waals surface area contributed by atoms with Gasteiger partial charge in [-0.3, -0.25) is 10.2 Å². The van der Waals surface area contributed by atoms with Gasteiger partial charge in [0, 0.05) is 29.4 Å². The van der Waals surface area contributed by atoms with E-state index in [2.05, 4.69) is 0 Å². The number of nitrogens with zero attached hydrogens (tertiary/aromatic N) is 2. The Hall–Kier alpha value is -2.79. The van der Waals surface area contributed by atoms with Crippen LogP contribution in [0, 0.1) is 5.41 Å². The quantitative estimate of drug-likeness (QED) is 0.712. The van der Waals surface area contributed by atoms with Crippen molar-refractivity contribution in [2.75, 3.05) is 7.11 Å². The van der Waals surface area contributed by atoms with Crippen LogP contribution in [0.1, 0.15) is 10.4 Å². The number of halogens is 1. The Bertz CT molecular complexity index is 971. The molecule has 0 saturated carbocycles. The average molecular weight is 356 g/mol. The van der Waals surface area contributed by atoms with Crippen LogP contribution in [0.4, 0.5) is 0 Å². The number of ketones is 1. The van der Waals surface area contributed by atoms with Gasteiger partial charge in [-0.25, -0.2) is 0 Å². The van der Waals surface area contributed by atoms with Crippen molar-refractivity contribution in [1.82, 2.24) is 9.13 Å². The minimum Gasteiger partial charge on any atom is -0.497 e. The van der Waals surface area contributed by atoms with Gasteiger partial charge in [-0.05, 0) is 36.4 Å². The molecule has 0 aliphatic heterocycles. The second kappa shape index (κ2) is 6.99. The molecule has 3 aromatic rings.